The van der Waals surface area contributed by atoms with E-state index in [9.17, 15) is 13.6 Å². The smallest absolute Gasteiger partial charge is 0.329 e. The maximum absolute atomic E-state index is 13.1. The summed E-state index contributed by atoms with van der Waals surface area (Å²) in [5.74, 6) is -2.52. The number of nitrogens with two attached hydrogens (primary N) is 1. The highest BCUT2D eigenvalue weighted by Crippen LogP contribution is 2.09. The van der Waals surface area contributed by atoms with E-state index in [-0.39, 0.29) is 11.5 Å². The predicted octanol–water partition coefficient (Wildman–Crippen LogP) is 0.681. The number of hydrogen-bond acceptors (Lipinski definition) is 4. The Morgan fingerprint density at radius 3 is 2.61 bits per heavy atom. The normalized spacial score (nSPS) is 11.6. The minimum Gasteiger partial charge on any atom is -0.366 e. The third-order valence-electron chi connectivity index (χ3n) is 1.65. The van der Waals surface area contributed by atoms with E-state index < -0.39 is 17.6 Å². The molecule has 0 atom stereocenters. The summed E-state index contributed by atoms with van der Waals surface area (Å²) in [6, 6.07) is 3.38. The van der Waals surface area contributed by atoms with Gasteiger partial charge in [0.05, 0.1) is 11.8 Å². The van der Waals surface area contributed by atoms with E-state index in [1.807, 2.05) is 5.48 Å². The highest BCUT2D eigenvalue weighted by atomic mass is 19.1. The Hall–Kier alpha value is -2.51. The molecule has 96 valence electrons. The lowest BCUT2D eigenvalue weighted by Crippen LogP contribution is -2.32. The number of nitrogens with zero attached hydrogens (tertiary/aromatic N) is 2. The van der Waals surface area contributed by atoms with E-state index in [1.165, 1.54) is 6.07 Å². The summed E-state index contributed by atoms with van der Waals surface area (Å²) in [6.07, 6.45) is 0.854. The van der Waals surface area contributed by atoms with Crippen molar-refractivity contribution in [1.82, 2.24) is 5.48 Å². The molecule has 0 aromatic heterocycles. The van der Waals surface area contributed by atoms with E-state index in [4.69, 9.17) is 5.73 Å². The van der Waals surface area contributed by atoms with Gasteiger partial charge in [0.25, 0.3) is 0 Å². The topological polar surface area (TPSA) is 89.1 Å². The van der Waals surface area contributed by atoms with Crippen molar-refractivity contribution < 1.29 is 18.4 Å². The molecule has 1 aromatic carbocycles. The molecule has 6 nitrogen and oxygen atoms in total. The second-order valence-electron chi connectivity index (χ2n) is 3.06. The van der Waals surface area contributed by atoms with Gasteiger partial charge in [0.1, 0.15) is 11.6 Å². The van der Waals surface area contributed by atoms with Crippen molar-refractivity contribution >= 4 is 18.1 Å². The van der Waals surface area contributed by atoms with Crippen LogP contribution in [0.25, 0.3) is 0 Å². The standard InChI is InChI=1S/C10H10F2N4O2/c1-6(17)18-16-10(13)15-14-5-7-8(11)3-2-4-9(7)12/h2-5H,1H3,(H3,13,15,16). The highest BCUT2D eigenvalue weighted by Gasteiger charge is 2.04. The first-order chi connectivity index (χ1) is 8.50. The van der Waals surface area contributed by atoms with Crippen molar-refractivity contribution in [2.75, 3.05) is 0 Å². The van der Waals surface area contributed by atoms with Crippen LogP contribution in [-0.4, -0.2) is 18.1 Å². The molecular weight excluding hydrogens is 246 g/mol. The van der Waals surface area contributed by atoms with Crippen molar-refractivity contribution in [2.24, 2.45) is 15.9 Å². The zero-order valence-electron chi connectivity index (χ0n) is 9.35. The summed E-state index contributed by atoms with van der Waals surface area (Å²) >= 11 is 0. The monoisotopic (exact) mass is 256 g/mol. The summed E-state index contributed by atoms with van der Waals surface area (Å²) < 4.78 is 26.3. The van der Waals surface area contributed by atoms with Crippen molar-refractivity contribution in [1.29, 1.82) is 0 Å². The summed E-state index contributed by atoms with van der Waals surface area (Å²) in [5.41, 5.74) is 6.85. The molecule has 0 aliphatic carbocycles. The number of halogens is 2. The number of nitrogens with one attached hydrogen (secondary N) is 1. The maximum atomic E-state index is 13.1. The summed E-state index contributed by atoms with van der Waals surface area (Å²) in [5, 5.41) is 6.66. The summed E-state index contributed by atoms with van der Waals surface area (Å²) in [6.45, 7) is 1.15. The average Bonchev–Trinajstić information content (AvgIpc) is 2.30. The molecule has 0 fully saturated rings. The molecule has 18 heavy (non-hydrogen) atoms. The Bertz CT molecular complexity index is 482. The van der Waals surface area contributed by atoms with Gasteiger partial charge in [0.15, 0.2) is 0 Å². The summed E-state index contributed by atoms with van der Waals surface area (Å²) in [4.78, 5) is 14.7. The van der Waals surface area contributed by atoms with E-state index in [2.05, 4.69) is 15.0 Å². The van der Waals surface area contributed by atoms with Crippen molar-refractivity contribution in [3.05, 3.63) is 35.4 Å². The minimum atomic E-state index is -0.777. The summed E-state index contributed by atoms with van der Waals surface area (Å²) in [7, 11) is 0. The number of carbonyl (C=O) groups excluding carboxylic acids is 1. The number of hydrogen-bond donors (Lipinski definition) is 2. The van der Waals surface area contributed by atoms with Gasteiger partial charge in [-0.3, -0.25) is 4.79 Å². The number of hydroxylamine groups is 1. The van der Waals surface area contributed by atoms with Crippen LogP contribution < -0.4 is 11.2 Å². The molecule has 0 heterocycles. The van der Waals surface area contributed by atoms with Crippen LogP contribution in [0.3, 0.4) is 0 Å². The molecule has 0 amide bonds. The zero-order chi connectivity index (χ0) is 13.5. The Kier molecular flexibility index (Phi) is 4.73. The third kappa shape index (κ3) is 4.16. The van der Waals surface area contributed by atoms with Crippen LogP contribution in [0.1, 0.15) is 12.5 Å². The number of carbonyl (C=O) groups is 1. The first kappa shape index (κ1) is 13.6. The Morgan fingerprint density at radius 2 is 2.06 bits per heavy atom. The van der Waals surface area contributed by atoms with Gasteiger partial charge in [0, 0.05) is 6.92 Å². The fraction of sp³-hybridized carbons (Fsp3) is 0.100. The third-order valence-corrected chi connectivity index (χ3v) is 1.65. The number of rotatable bonds is 2. The molecule has 0 unspecified atom stereocenters. The Morgan fingerprint density at radius 1 is 1.44 bits per heavy atom. The fourth-order valence-electron chi connectivity index (χ4n) is 0.927. The minimum absolute atomic E-state index is 0.335. The largest absolute Gasteiger partial charge is 0.366 e. The van der Waals surface area contributed by atoms with Gasteiger partial charge in [0.2, 0.25) is 5.96 Å². The molecule has 3 N–H and O–H groups in total. The lowest BCUT2D eigenvalue weighted by atomic mass is 10.2. The fourth-order valence-corrected chi connectivity index (χ4v) is 0.927. The van der Waals surface area contributed by atoms with Crippen LogP contribution in [-0.2, 0) is 9.63 Å². The van der Waals surface area contributed by atoms with Crippen molar-refractivity contribution in [2.45, 2.75) is 6.92 Å². The predicted molar refractivity (Wildman–Crippen MR) is 60.5 cm³/mol. The molecule has 0 saturated heterocycles. The van der Waals surface area contributed by atoms with Crippen LogP contribution >= 0.6 is 0 Å². The molecule has 8 heteroatoms. The van der Waals surface area contributed by atoms with E-state index in [0.29, 0.717) is 0 Å². The first-order valence-corrected chi connectivity index (χ1v) is 4.74. The number of guanidine groups is 1. The van der Waals surface area contributed by atoms with E-state index in [1.54, 1.807) is 0 Å². The SMILES string of the molecule is CC(=O)ONC(N)=NN=Cc1c(F)cccc1F. The second-order valence-corrected chi connectivity index (χ2v) is 3.06. The molecule has 1 rings (SSSR count). The highest BCUT2D eigenvalue weighted by molar-refractivity contribution is 5.82. The van der Waals surface area contributed by atoms with Gasteiger partial charge in [-0.1, -0.05) is 6.07 Å². The second kappa shape index (κ2) is 6.28. The molecule has 0 radical (unpaired) electrons. The van der Waals surface area contributed by atoms with Gasteiger partial charge in [-0.2, -0.15) is 10.6 Å². The molecule has 0 bridgehead atoms. The van der Waals surface area contributed by atoms with E-state index in [0.717, 1.165) is 25.3 Å². The zero-order valence-corrected chi connectivity index (χ0v) is 9.35. The molecule has 0 aliphatic heterocycles. The van der Waals surface area contributed by atoms with Gasteiger partial charge in [-0.25, -0.2) is 8.78 Å². The molecular formula is C10H10F2N4O2. The van der Waals surface area contributed by atoms with Crippen molar-refractivity contribution in [3.63, 3.8) is 0 Å². The first-order valence-electron chi connectivity index (χ1n) is 4.74. The van der Waals surface area contributed by atoms with Crippen LogP contribution in [0.4, 0.5) is 8.78 Å². The van der Waals surface area contributed by atoms with Gasteiger partial charge in [-0.15, -0.1) is 5.10 Å². The number of benzene rings is 1. The van der Waals surface area contributed by atoms with E-state index >= 15 is 0 Å². The Labute approximate surface area is 101 Å². The average molecular weight is 256 g/mol. The van der Waals surface area contributed by atoms with Crippen LogP contribution in [0.15, 0.2) is 28.4 Å². The van der Waals surface area contributed by atoms with Gasteiger partial charge >= 0.3 is 5.97 Å². The van der Waals surface area contributed by atoms with Gasteiger partial charge < -0.3 is 10.6 Å². The van der Waals surface area contributed by atoms with Crippen LogP contribution in [0.2, 0.25) is 0 Å². The Balaban J connectivity index is 2.70. The van der Waals surface area contributed by atoms with Gasteiger partial charge in [-0.05, 0) is 12.1 Å². The molecule has 0 saturated carbocycles. The molecule has 0 aliphatic rings. The molecule has 0 spiro atoms. The molecule has 1 aromatic rings. The van der Waals surface area contributed by atoms with Crippen molar-refractivity contribution in [3.8, 4) is 0 Å². The lowest BCUT2D eigenvalue weighted by Gasteiger charge is -2.00. The maximum Gasteiger partial charge on any atom is 0.329 e. The lowest BCUT2D eigenvalue weighted by molar-refractivity contribution is -0.145. The van der Waals surface area contributed by atoms with Crippen LogP contribution in [0.5, 0.6) is 0 Å². The van der Waals surface area contributed by atoms with Crippen LogP contribution in [0, 0.1) is 11.6 Å². The quantitative estimate of drug-likeness (QED) is 0.462.